The number of ether oxygens (including phenoxy) is 1. The predicted octanol–water partition coefficient (Wildman–Crippen LogP) is 3.80. The van der Waals surface area contributed by atoms with Gasteiger partial charge in [-0.25, -0.2) is 13.1 Å². The summed E-state index contributed by atoms with van der Waals surface area (Å²) in [6.07, 6.45) is 4.83. The van der Waals surface area contributed by atoms with Gasteiger partial charge in [0.2, 0.25) is 10.0 Å². The zero-order valence-electron chi connectivity index (χ0n) is 16.9. The standard InChI is InChI=1S/C22H28N2O4S/c1-16(17-9-5-3-6-10-17)23-22(25)18-13-14-20(28-2)21(15-18)29(26,27)24-19-11-7-4-8-12-19/h3,5-6,9-10,13-16,19,24H,4,7-8,11-12H2,1-2H3,(H,23,25)/t16-/m0/s1. The number of methoxy groups -OCH3 is 1. The van der Waals surface area contributed by atoms with Gasteiger partial charge in [-0.3, -0.25) is 4.79 Å². The number of rotatable bonds is 7. The Labute approximate surface area is 172 Å². The Balaban J connectivity index is 1.81. The van der Waals surface area contributed by atoms with Crippen LogP contribution in [0.5, 0.6) is 5.75 Å². The van der Waals surface area contributed by atoms with Crippen molar-refractivity contribution >= 4 is 15.9 Å². The van der Waals surface area contributed by atoms with Crippen molar-refractivity contribution in [1.29, 1.82) is 0 Å². The van der Waals surface area contributed by atoms with Crippen molar-refractivity contribution in [2.45, 2.75) is 56.0 Å². The topological polar surface area (TPSA) is 84.5 Å². The number of hydrogen-bond donors (Lipinski definition) is 2. The van der Waals surface area contributed by atoms with Gasteiger partial charge in [-0.05, 0) is 43.5 Å². The van der Waals surface area contributed by atoms with Gasteiger partial charge in [0.25, 0.3) is 5.91 Å². The molecule has 2 aromatic carbocycles. The monoisotopic (exact) mass is 416 g/mol. The second-order valence-electron chi connectivity index (χ2n) is 7.43. The summed E-state index contributed by atoms with van der Waals surface area (Å²) in [5, 5.41) is 2.92. The molecule has 29 heavy (non-hydrogen) atoms. The van der Waals surface area contributed by atoms with E-state index in [1.807, 2.05) is 37.3 Å². The second kappa shape index (κ2) is 9.41. The highest BCUT2D eigenvalue weighted by molar-refractivity contribution is 7.89. The van der Waals surface area contributed by atoms with Gasteiger partial charge >= 0.3 is 0 Å². The van der Waals surface area contributed by atoms with E-state index in [4.69, 9.17) is 4.74 Å². The minimum absolute atomic E-state index is 0.00872. The predicted molar refractivity (Wildman–Crippen MR) is 113 cm³/mol. The average molecular weight is 417 g/mol. The highest BCUT2D eigenvalue weighted by atomic mass is 32.2. The fourth-order valence-corrected chi connectivity index (χ4v) is 5.14. The number of sulfonamides is 1. The lowest BCUT2D eigenvalue weighted by Crippen LogP contribution is -2.36. The van der Waals surface area contributed by atoms with Gasteiger partial charge in [0.15, 0.2) is 0 Å². The molecule has 0 bridgehead atoms. The molecule has 1 saturated carbocycles. The lowest BCUT2D eigenvalue weighted by Gasteiger charge is -2.23. The lowest BCUT2D eigenvalue weighted by molar-refractivity contribution is 0.0939. The van der Waals surface area contributed by atoms with E-state index >= 15 is 0 Å². The van der Waals surface area contributed by atoms with E-state index in [9.17, 15) is 13.2 Å². The zero-order valence-corrected chi connectivity index (χ0v) is 17.7. The van der Waals surface area contributed by atoms with Crippen LogP contribution in [0.25, 0.3) is 0 Å². The van der Waals surface area contributed by atoms with E-state index < -0.39 is 10.0 Å². The molecule has 0 aliphatic heterocycles. The van der Waals surface area contributed by atoms with Gasteiger partial charge in [0.05, 0.1) is 13.2 Å². The molecular weight excluding hydrogens is 388 g/mol. The molecule has 0 spiro atoms. The van der Waals surface area contributed by atoms with E-state index in [2.05, 4.69) is 10.0 Å². The number of nitrogens with one attached hydrogen (secondary N) is 2. The van der Waals surface area contributed by atoms with Crippen LogP contribution in [0.15, 0.2) is 53.4 Å². The van der Waals surface area contributed by atoms with Crippen molar-refractivity contribution in [1.82, 2.24) is 10.0 Å². The quantitative estimate of drug-likeness (QED) is 0.719. The van der Waals surface area contributed by atoms with Gasteiger partial charge in [0, 0.05) is 11.6 Å². The van der Waals surface area contributed by atoms with E-state index in [1.165, 1.54) is 19.2 Å². The van der Waals surface area contributed by atoms with E-state index in [0.717, 1.165) is 37.7 Å². The second-order valence-corrected chi connectivity index (χ2v) is 9.11. The van der Waals surface area contributed by atoms with Crippen molar-refractivity contribution in [2.75, 3.05) is 7.11 Å². The molecule has 3 rings (SSSR count). The van der Waals surface area contributed by atoms with Crippen molar-refractivity contribution in [3.63, 3.8) is 0 Å². The zero-order chi connectivity index (χ0) is 20.9. The van der Waals surface area contributed by atoms with Crippen LogP contribution in [0.1, 0.15) is 61.0 Å². The summed E-state index contributed by atoms with van der Waals surface area (Å²) in [5.41, 5.74) is 1.25. The molecule has 7 heteroatoms. The smallest absolute Gasteiger partial charge is 0.251 e. The SMILES string of the molecule is COc1ccc(C(=O)N[C@@H](C)c2ccccc2)cc1S(=O)(=O)NC1CCCCC1. The van der Waals surface area contributed by atoms with Crippen LogP contribution < -0.4 is 14.8 Å². The minimum Gasteiger partial charge on any atom is -0.495 e. The Bertz CT molecular complexity index is 939. The summed E-state index contributed by atoms with van der Waals surface area (Å²) in [6.45, 7) is 1.89. The Morgan fingerprint density at radius 1 is 1.07 bits per heavy atom. The summed E-state index contributed by atoms with van der Waals surface area (Å²) in [4.78, 5) is 12.7. The molecule has 0 heterocycles. The van der Waals surface area contributed by atoms with Crippen LogP contribution in [0.2, 0.25) is 0 Å². The highest BCUT2D eigenvalue weighted by Gasteiger charge is 2.26. The molecule has 0 aromatic heterocycles. The number of benzene rings is 2. The number of hydrogen-bond acceptors (Lipinski definition) is 4. The Hall–Kier alpha value is -2.38. The largest absolute Gasteiger partial charge is 0.495 e. The van der Waals surface area contributed by atoms with Crippen LogP contribution in [-0.2, 0) is 10.0 Å². The van der Waals surface area contributed by atoms with Gasteiger partial charge in [-0.1, -0.05) is 49.6 Å². The molecule has 1 aliphatic carbocycles. The summed E-state index contributed by atoms with van der Waals surface area (Å²) in [5.74, 6) is -0.112. The van der Waals surface area contributed by atoms with Crippen molar-refractivity contribution < 1.29 is 17.9 Å². The van der Waals surface area contributed by atoms with E-state index in [0.29, 0.717) is 0 Å². The fraction of sp³-hybridized carbons (Fsp3) is 0.409. The van der Waals surface area contributed by atoms with Crippen LogP contribution in [0.3, 0.4) is 0 Å². The fourth-order valence-electron chi connectivity index (χ4n) is 3.64. The van der Waals surface area contributed by atoms with Crippen molar-refractivity contribution in [3.8, 4) is 5.75 Å². The third kappa shape index (κ3) is 5.36. The van der Waals surface area contributed by atoms with Crippen LogP contribution in [-0.4, -0.2) is 27.5 Å². The Kier molecular flexibility index (Phi) is 6.92. The third-order valence-corrected chi connectivity index (χ3v) is 6.83. The molecule has 2 aromatic rings. The average Bonchev–Trinajstić information content (AvgIpc) is 2.74. The molecule has 1 atom stereocenters. The molecule has 0 unspecified atom stereocenters. The summed E-state index contributed by atoms with van der Waals surface area (Å²) in [6, 6.07) is 13.8. The molecule has 2 N–H and O–H groups in total. The minimum atomic E-state index is -3.79. The van der Waals surface area contributed by atoms with E-state index in [-0.39, 0.29) is 34.2 Å². The maximum atomic E-state index is 13.0. The molecule has 1 amide bonds. The Morgan fingerprint density at radius 3 is 2.41 bits per heavy atom. The summed E-state index contributed by atoms with van der Waals surface area (Å²) < 4.78 is 34.0. The maximum absolute atomic E-state index is 13.0. The van der Waals surface area contributed by atoms with Crippen molar-refractivity contribution in [2.24, 2.45) is 0 Å². The number of carbonyl (C=O) groups is 1. The first-order chi connectivity index (χ1) is 13.9. The lowest BCUT2D eigenvalue weighted by atomic mass is 9.96. The molecular formula is C22H28N2O4S. The molecule has 1 aliphatic rings. The normalized spacial score (nSPS) is 16.2. The van der Waals surface area contributed by atoms with Gasteiger partial charge in [-0.2, -0.15) is 0 Å². The number of carbonyl (C=O) groups excluding carboxylic acids is 1. The van der Waals surface area contributed by atoms with Gasteiger partial charge in [-0.15, -0.1) is 0 Å². The maximum Gasteiger partial charge on any atom is 0.251 e. The molecule has 6 nitrogen and oxygen atoms in total. The summed E-state index contributed by atoms with van der Waals surface area (Å²) in [7, 11) is -2.37. The Morgan fingerprint density at radius 2 is 1.76 bits per heavy atom. The first-order valence-electron chi connectivity index (χ1n) is 9.97. The third-order valence-electron chi connectivity index (χ3n) is 5.29. The highest BCUT2D eigenvalue weighted by Crippen LogP contribution is 2.27. The molecule has 0 saturated heterocycles. The summed E-state index contributed by atoms with van der Waals surface area (Å²) >= 11 is 0. The van der Waals surface area contributed by atoms with Crippen LogP contribution in [0.4, 0.5) is 0 Å². The van der Waals surface area contributed by atoms with Crippen LogP contribution in [0, 0.1) is 0 Å². The van der Waals surface area contributed by atoms with Gasteiger partial charge in [0.1, 0.15) is 10.6 Å². The van der Waals surface area contributed by atoms with E-state index in [1.54, 1.807) is 6.07 Å². The van der Waals surface area contributed by atoms with Crippen molar-refractivity contribution in [3.05, 3.63) is 59.7 Å². The molecule has 156 valence electrons. The first kappa shape index (κ1) is 21.3. The number of amides is 1. The van der Waals surface area contributed by atoms with Gasteiger partial charge < -0.3 is 10.1 Å². The molecule has 1 fully saturated rings. The van der Waals surface area contributed by atoms with Crippen LogP contribution >= 0.6 is 0 Å². The molecule has 0 radical (unpaired) electrons. The first-order valence-corrected chi connectivity index (χ1v) is 11.4.